The highest BCUT2D eigenvalue weighted by Crippen LogP contribution is 2.22. The van der Waals surface area contributed by atoms with Crippen LogP contribution < -0.4 is 5.32 Å². The van der Waals surface area contributed by atoms with Gasteiger partial charge in [-0.15, -0.1) is 13.2 Å². The van der Waals surface area contributed by atoms with Gasteiger partial charge in [0, 0.05) is 6.54 Å². The molecule has 1 N–H and O–H groups in total. The maximum absolute atomic E-state index is 11.7. The molecule has 0 unspecified atom stereocenters. The number of nitrogens with one attached hydrogen (secondary N) is 1. The third-order valence-electron chi connectivity index (χ3n) is 1.78. The predicted molar refractivity (Wildman–Crippen MR) is 56.7 cm³/mol. The minimum Gasteiger partial charge on any atom is -0.381 e. The Morgan fingerprint density at radius 3 is 2.71 bits per heavy atom. The van der Waals surface area contributed by atoms with Crippen LogP contribution in [0.5, 0.6) is 0 Å². The standard InChI is InChI=1S/C10H8ClF3N2O/c11-8-2-1-7(6-15)5-9(8)16-3-4-17-10(12,13)14/h1-2,5,16H,3-4H2. The number of nitrogens with zero attached hydrogens (tertiary/aromatic N) is 1. The largest absolute Gasteiger partial charge is 0.522 e. The first kappa shape index (κ1) is 13.6. The van der Waals surface area contributed by atoms with E-state index in [4.69, 9.17) is 16.9 Å². The molecule has 0 saturated heterocycles. The minimum absolute atomic E-state index is 0.0614. The van der Waals surface area contributed by atoms with Gasteiger partial charge in [-0.2, -0.15) is 5.26 Å². The number of ether oxygens (including phenoxy) is 1. The maximum Gasteiger partial charge on any atom is 0.522 e. The third-order valence-corrected chi connectivity index (χ3v) is 2.11. The van der Waals surface area contributed by atoms with Crippen LogP contribution in [0.2, 0.25) is 5.02 Å². The Morgan fingerprint density at radius 2 is 2.12 bits per heavy atom. The molecule has 3 nitrogen and oxygen atoms in total. The number of rotatable bonds is 4. The van der Waals surface area contributed by atoms with Gasteiger partial charge >= 0.3 is 6.36 Å². The lowest BCUT2D eigenvalue weighted by Crippen LogP contribution is -2.19. The quantitative estimate of drug-likeness (QED) is 0.850. The van der Waals surface area contributed by atoms with Crippen LogP contribution in [0.1, 0.15) is 5.56 Å². The molecule has 1 aromatic rings. The molecular formula is C10H8ClF3N2O. The van der Waals surface area contributed by atoms with E-state index in [2.05, 4.69) is 10.1 Å². The molecule has 1 aromatic carbocycles. The van der Waals surface area contributed by atoms with E-state index in [0.717, 1.165) is 0 Å². The van der Waals surface area contributed by atoms with Crippen molar-refractivity contribution in [3.05, 3.63) is 28.8 Å². The number of hydrogen-bond acceptors (Lipinski definition) is 3. The van der Waals surface area contributed by atoms with Crippen molar-refractivity contribution in [1.82, 2.24) is 0 Å². The van der Waals surface area contributed by atoms with Gasteiger partial charge in [0.25, 0.3) is 0 Å². The molecule has 0 bridgehead atoms. The second kappa shape index (κ2) is 5.75. The van der Waals surface area contributed by atoms with Crippen molar-refractivity contribution < 1.29 is 17.9 Å². The molecule has 0 spiro atoms. The van der Waals surface area contributed by atoms with Crippen molar-refractivity contribution >= 4 is 17.3 Å². The highest BCUT2D eigenvalue weighted by molar-refractivity contribution is 6.33. The molecule has 0 fully saturated rings. The molecule has 1 rings (SSSR count). The topological polar surface area (TPSA) is 45.0 Å². The summed E-state index contributed by atoms with van der Waals surface area (Å²) in [5.41, 5.74) is 0.769. The van der Waals surface area contributed by atoms with Crippen molar-refractivity contribution in [2.75, 3.05) is 18.5 Å². The van der Waals surface area contributed by atoms with Gasteiger partial charge < -0.3 is 5.32 Å². The zero-order chi connectivity index (χ0) is 12.9. The average Bonchev–Trinajstić information content (AvgIpc) is 2.25. The summed E-state index contributed by atoms with van der Waals surface area (Å²) in [6, 6.07) is 6.36. The monoisotopic (exact) mass is 264 g/mol. The first-order valence-electron chi connectivity index (χ1n) is 4.56. The lowest BCUT2D eigenvalue weighted by molar-refractivity contribution is -0.322. The lowest BCUT2D eigenvalue weighted by Gasteiger charge is -2.10. The molecule has 0 aliphatic rings. The fraction of sp³-hybridized carbons (Fsp3) is 0.300. The van der Waals surface area contributed by atoms with Gasteiger partial charge in [0.05, 0.1) is 28.9 Å². The number of hydrogen-bond donors (Lipinski definition) is 1. The van der Waals surface area contributed by atoms with Crippen LogP contribution in [0, 0.1) is 11.3 Å². The predicted octanol–water partition coefficient (Wildman–Crippen LogP) is 3.16. The van der Waals surface area contributed by atoms with Crippen molar-refractivity contribution in [1.29, 1.82) is 5.26 Å². The van der Waals surface area contributed by atoms with Crippen LogP contribution in [0.25, 0.3) is 0 Å². The van der Waals surface area contributed by atoms with Crippen LogP contribution in [-0.2, 0) is 4.74 Å². The van der Waals surface area contributed by atoms with E-state index in [1.807, 2.05) is 6.07 Å². The number of halogens is 4. The fourth-order valence-electron chi connectivity index (χ4n) is 1.08. The molecule has 7 heteroatoms. The van der Waals surface area contributed by atoms with Gasteiger partial charge in [-0.05, 0) is 18.2 Å². The van der Waals surface area contributed by atoms with Crippen LogP contribution in [0.4, 0.5) is 18.9 Å². The first-order chi connectivity index (χ1) is 7.92. The van der Waals surface area contributed by atoms with Crippen molar-refractivity contribution in [2.45, 2.75) is 6.36 Å². The molecule has 0 radical (unpaired) electrons. The van der Waals surface area contributed by atoms with E-state index in [0.29, 0.717) is 16.3 Å². The van der Waals surface area contributed by atoms with Gasteiger partial charge in [0.15, 0.2) is 0 Å². The number of nitriles is 1. The summed E-state index contributed by atoms with van der Waals surface area (Å²) < 4.78 is 38.6. The zero-order valence-electron chi connectivity index (χ0n) is 8.51. The van der Waals surface area contributed by atoms with Crippen LogP contribution in [-0.4, -0.2) is 19.5 Å². The van der Waals surface area contributed by atoms with Crippen LogP contribution in [0.15, 0.2) is 18.2 Å². The smallest absolute Gasteiger partial charge is 0.381 e. The number of benzene rings is 1. The highest BCUT2D eigenvalue weighted by atomic mass is 35.5. The molecule has 0 heterocycles. The van der Waals surface area contributed by atoms with Gasteiger partial charge in [-0.3, -0.25) is 4.74 Å². The SMILES string of the molecule is N#Cc1ccc(Cl)c(NCCOC(F)(F)F)c1. The Bertz CT molecular complexity index is 429. The molecular weight excluding hydrogens is 257 g/mol. The minimum atomic E-state index is -4.64. The van der Waals surface area contributed by atoms with E-state index in [1.165, 1.54) is 18.2 Å². The van der Waals surface area contributed by atoms with Gasteiger partial charge in [0.2, 0.25) is 0 Å². The van der Waals surface area contributed by atoms with E-state index in [9.17, 15) is 13.2 Å². The average molecular weight is 265 g/mol. The summed E-state index contributed by atoms with van der Waals surface area (Å²) in [4.78, 5) is 0. The Morgan fingerprint density at radius 1 is 1.41 bits per heavy atom. The molecule has 0 aromatic heterocycles. The molecule has 17 heavy (non-hydrogen) atoms. The maximum atomic E-state index is 11.7. The molecule has 0 aliphatic carbocycles. The normalized spacial score (nSPS) is 11.0. The third kappa shape index (κ3) is 4.93. The van der Waals surface area contributed by atoms with E-state index in [1.54, 1.807) is 0 Å². The van der Waals surface area contributed by atoms with Gasteiger partial charge in [-0.25, -0.2) is 0 Å². The summed E-state index contributed by atoms with van der Waals surface area (Å²) in [6.07, 6.45) is -4.64. The molecule has 92 valence electrons. The highest BCUT2D eigenvalue weighted by Gasteiger charge is 2.28. The van der Waals surface area contributed by atoms with E-state index in [-0.39, 0.29) is 6.54 Å². The lowest BCUT2D eigenvalue weighted by atomic mass is 10.2. The van der Waals surface area contributed by atoms with Crippen molar-refractivity contribution in [2.24, 2.45) is 0 Å². The molecule has 0 saturated carbocycles. The summed E-state index contributed by atoms with van der Waals surface area (Å²) >= 11 is 5.79. The Labute approximate surface area is 101 Å². The summed E-state index contributed by atoms with van der Waals surface area (Å²) in [5, 5.41) is 11.6. The fourth-order valence-corrected chi connectivity index (χ4v) is 1.27. The van der Waals surface area contributed by atoms with Crippen LogP contribution in [0.3, 0.4) is 0 Å². The summed E-state index contributed by atoms with van der Waals surface area (Å²) in [6.45, 7) is -0.593. The van der Waals surface area contributed by atoms with Crippen LogP contribution >= 0.6 is 11.6 Å². The Kier molecular flexibility index (Phi) is 4.61. The van der Waals surface area contributed by atoms with Crippen molar-refractivity contribution in [3.8, 4) is 6.07 Å². The second-order valence-corrected chi connectivity index (χ2v) is 3.43. The first-order valence-corrected chi connectivity index (χ1v) is 4.94. The summed E-state index contributed by atoms with van der Waals surface area (Å²) in [5.74, 6) is 0. The Balaban J connectivity index is 2.49. The van der Waals surface area contributed by atoms with E-state index >= 15 is 0 Å². The molecule has 0 aliphatic heterocycles. The van der Waals surface area contributed by atoms with Crippen molar-refractivity contribution in [3.63, 3.8) is 0 Å². The molecule has 0 atom stereocenters. The molecule has 0 amide bonds. The second-order valence-electron chi connectivity index (χ2n) is 3.03. The van der Waals surface area contributed by atoms with E-state index < -0.39 is 13.0 Å². The number of anilines is 1. The van der Waals surface area contributed by atoms with Gasteiger partial charge in [-0.1, -0.05) is 11.6 Å². The summed E-state index contributed by atoms with van der Waals surface area (Å²) in [7, 11) is 0. The zero-order valence-corrected chi connectivity index (χ0v) is 9.27. The van der Waals surface area contributed by atoms with Gasteiger partial charge in [0.1, 0.15) is 0 Å². The Hall–Kier alpha value is -1.45. The number of alkyl halides is 3.